The third-order valence-electron chi connectivity index (χ3n) is 2.75. The number of alkyl carbamates (subject to hydrolysis) is 1. The summed E-state index contributed by atoms with van der Waals surface area (Å²) in [6, 6.07) is 14.9. The van der Waals surface area contributed by atoms with Gasteiger partial charge in [0, 0.05) is 0 Å². The average molecular weight is 302 g/mol. The topological polar surface area (TPSA) is 67.4 Å². The van der Waals surface area contributed by atoms with E-state index in [-0.39, 0.29) is 18.8 Å². The van der Waals surface area contributed by atoms with E-state index in [4.69, 9.17) is 4.74 Å². The third-order valence-corrected chi connectivity index (χ3v) is 2.75. The SMILES string of the molecule is O=C(CNC(=O)OCc1ccccc1)Nc1ccccc1F. The van der Waals surface area contributed by atoms with Gasteiger partial charge in [-0.1, -0.05) is 42.5 Å². The molecule has 2 aromatic rings. The van der Waals surface area contributed by atoms with E-state index in [1.54, 1.807) is 6.07 Å². The zero-order chi connectivity index (χ0) is 15.8. The van der Waals surface area contributed by atoms with E-state index in [0.717, 1.165) is 5.56 Å². The maximum atomic E-state index is 13.3. The second kappa shape index (κ2) is 7.78. The number of hydrogen-bond acceptors (Lipinski definition) is 3. The number of halogens is 1. The highest BCUT2D eigenvalue weighted by atomic mass is 19.1. The van der Waals surface area contributed by atoms with Crippen molar-refractivity contribution in [2.24, 2.45) is 0 Å². The molecule has 2 aromatic carbocycles. The molecule has 0 unspecified atom stereocenters. The van der Waals surface area contributed by atoms with E-state index < -0.39 is 17.8 Å². The third kappa shape index (κ3) is 4.90. The quantitative estimate of drug-likeness (QED) is 0.892. The summed E-state index contributed by atoms with van der Waals surface area (Å²) >= 11 is 0. The molecule has 5 nitrogen and oxygen atoms in total. The van der Waals surface area contributed by atoms with Gasteiger partial charge in [0.15, 0.2) is 0 Å². The van der Waals surface area contributed by atoms with Crippen molar-refractivity contribution in [3.05, 3.63) is 66.0 Å². The smallest absolute Gasteiger partial charge is 0.407 e. The minimum absolute atomic E-state index is 0.0620. The number of benzene rings is 2. The van der Waals surface area contributed by atoms with Crippen LogP contribution in [-0.4, -0.2) is 18.5 Å². The fourth-order valence-electron chi connectivity index (χ4n) is 1.68. The normalized spacial score (nSPS) is 9.86. The van der Waals surface area contributed by atoms with E-state index in [1.807, 2.05) is 30.3 Å². The first-order valence-corrected chi connectivity index (χ1v) is 6.64. The van der Waals surface area contributed by atoms with Gasteiger partial charge in [-0.3, -0.25) is 4.79 Å². The molecular formula is C16H15FN2O3. The Bertz CT molecular complexity index is 647. The van der Waals surface area contributed by atoms with Crippen LogP contribution in [-0.2, 0) is 16.1 Å². The van der Waals surface area contributed by atoms with Crippen LogP contribution in [0, 0.1) is 5.82 Å². The molecule has 2 rings (SSSR count). The van der Waals surface area contributed by atoms with Crippen molar-refractivity contribution < 1.29 is 18.7 Å². The van der Waals surface area contributed by atoms with Crippen LogP contribution in [0.3, 0.4) is 0 Å². The second-order valence-corrected chi connectivity index (χ2v) is 4.44. The van der Waals surface area contributed by atoms with Gasteiger partial charge in [-0.15, -0.1) is 0 Å². The maximum Gasteiger partial charge on any atom is 0.407 e. The predicted molar refractivity (Wildman–Crippen MR) is 79.7 cm³/mol. The highest BCUT2D eigenvalue weighted by Crippen LogP contribution is 2.11. The van der Waals surface area contributed by atoms with Crippen LogP contribution in [0.1, 0.15) is 5.56 Å². The standard InChI is InChI=1S/C16H15FN2O3/c17-13-8-4-5-9-14(13)19-15(20)10-18-16(21)22-11-12-6-2-1-3-7-12/h1-9H,10-11H2,(H,18,21)(H,19,20). The molecule has 0 spiro atoms. The van der Waals surface area contributed by atoms with Crippen LogP contribution in [0.2, 0.25) is 0 Å². The van der Waals surface area contributed by atoms with E-state index in [9.17, 15) is 14.0 Å². The van der Waals surface area contributed by atoms with Gasteiger partial charge in [0.05, 0.1) is 5.69 Å². The lowest BCUT2D eigenvalue weighted by Crippen LogP contribution is -2.33. The average Bonchev–Trinajstić information content (AvgIpc) is 2.54. The number of para-hydroxylation sites is 1. The number of ether oxygens (including phenoxy) is 1. The summed E-state index contributed by atoms with van der Waals surface area (Å²) in [5, 5.41) is 4.65. The molecule has 0 saturated carbocycles. The predicted octanol–water partition coefficient (Wildman–Crippen LogP) is 2.69. The molecule has 22 heavy (non-hydrogen) atoms. The Balaban J connectivity index is 1.72. The first-order valence-electron chi connectivity index (χ1n) is 6.64. The number of carbonyl (C=O) groups excluding carboxylic acids is 2. The molecule has 0 aliphatic rings. The Hall–Kier alpha value is -2.89. The molecule has 2 amide bonds. The number of anilines is 1. The van der Waals surface area contributed by atoms with Gasteiger partial charge in [-0.25, -0.2) is 9.18 Å². The van der Waals surface area contributed by atoms with Crippen LogP contribution in [0.25, 0.3) is 0 Å². The Morgan fingerprint density at radius 1 is 1.00 bits per heavy atom. The summed E-state index contributed by atoms with van der Waals surface area (Å²) in [5.74, 6) is -1.08. The number of amides is 2. The molecule has 0 bridgehead atoms. The molecule has 2 N–H and O–H groups in total. The van der Waals surface area contributed by atoms with Crippen molar-refractivity contribution in [2.45, 2.75) is 6.61 Å². The second-order valence-electron chi connectivity index (χ2n) is 4.44. The van der Waals surface area contributed by atoms with Crippen molar-refractivity contribution in [2.75, 3.05) is 11.9 Å². The van der Waals surface area contributed by atoms with Gasteiger partial charge in [0.25, 0.3) is 0 Å². The fourth-order valence-corrected chi connectivity index (χ4v) is 1.68. The molecule has 0 atom stereocenters. The Kier molecular flexibility index (Phi) is 5.48. The summed E-state index contributed by atoms with van der Waals surface area (Å²) in [6.45, 7) is -0.191. The highest BCUT2D eigenvalue weighted by Gasteiger charge is 2.08. The van der Waals surface area contributed by atoms with Crippen LogP contribution >= 0.6 is 0 Å². The molecule has 0 heterocycles. The summed E-state index contributed by atoms with van der Waals surface area (Å²) in [4.78, 5) is 23.0. The zero-order valence-electron chi connectivity index (χ0n) is 11.7. The van der Waals surface area contributed by atoms with E-state index in [1.165, 1.54) is 18.2 Å². The molecule has 0 radical (unpaired) electrons. The van der Waals surface area contributed by atoms with Crippen molar-refractivity contribution in [3.8, 4) is 0 Å². The number of nitrogens with one attached hydrogen (secondary N) is 2. The van der Waals surface area contributed by atoms with Crippen LogP contribution in [0.5, 0.6) is 0 Å². The van der Waals surface area contributed by atoms with Crippen LogP contribution in [0.15, 0.2) is 54.6 Å². The van der Waals surface area contributed by atoms with Gasteiger partial charge in [-0.05, 0) is 17.7 Å². The Morgan fingerprint density at radius 3 is 2.41 bits per heavy atom. The van der Waals surface area contributed by atoms with Gasteiger partial charge < -0.3 is 15.4 Å². The monoisotopic (exact) mass is 302 g/mol. The van der Waals surface area contributed by atoms with Gasteiger partial charge in [-0.2, -0.15) is 0 Å². The van der Waals surface area contributed by atoms with Crippen LogP contribution in [0.4, 0.5) is 14.9 Å². The zero-order valence-corrected chi connectivity index (χ0v) is 11.7. The van der Waals surface area contributed by atoms with E-state index >= 15 is 0 Å². The molecule has 0 saturated heterocycles. The first kappa shape index (κ1) is 15.5. The largest absolute Gasteiger partial charge is 0.445 e. The van der Waals surface area contributed by atoms with E-state index in [0.29, 0.717) is 0 Å². The molecular weight excluding hydrogens is 287 g/mol. The lowest BCUT2D eigenvalue weighted by Gasteiger charge is -2.08. The molecule has 6 heteroatoms. The van der Waals surface area contributed by atoms with Crippen molar-refractivity contribution in [3.63, 3.8) is 0 Å². The molecule has 0 aromatic heterocycles. The number of carbonyl (C=O) groups is 2. The minimum Gasteiger partial charge on any atom is -0.445 e. The number of hydrogen-bond donors (Lipinski definition) is 2. The fraction of sp³-hybridized carbons (Fsp3) is 0.125. The van der Waals surface area contributed by atoms with Crippen molar-refractivity contribution in [1.82, 2.24) is 5.32 Å². The maximum absolute atomic E-state index is 13.3. The van der Waals surface area contributed by atoms with Crippen molar-refractivity contribution in [1.29, 1.82) is 0 Å². The molecule has 114 valence electrons. The summed E-state index contributed by atoms with van der Waals surface area (Å²) in [6.07, 6.45) is -0.715. The molecule has 0 fully saturated rings. The van der Waals surface area contributed by atoms with Gasteiger partial charge >= 0.3 is 6.09 Å². The van der Waals surface area contributed by atoms with Crippen LogP contribution < -0.4 is 10.6 Å². The number of rotatable bonds is 5. The molecule has 0 aliphatic carbocycles. The first-order chi connectivity index (χ1) is 10.6. The van der Waals surface area contributed by atoms with Gasteiger partial charge in [0.1, 0.15) is 19.0 Å². The van der Waals surface area contributed by atoms with Gasteiger partial charge in [0.2, 0.25) is 5.91 Å². The Morgan fingerprint density at radius 2 is 1.68 bits per heavy atom. The minimum atomic E-state index is -0.715. The summed E-state index contributed by atoms with van der Waals surface area (Å²) < 4.78 is 18.3. The summed E-state index contributed by atoms with van der Waals surface area (Å²) in [5.41, 5.74) is 0.903. The van der Waals surface area contributed by atoms with E-state index in [2.05, 4.69) is 10.6 Å². The molecule has 0 aliphatic heterocycles. The lowest BCUT2D eigenvalue weighted by atomic mass is 10.2. The van der Waals surface area contributed by atoms with Crippen molar-refractivity contribution >= 4 is 17.7 Å². The Labute approximate surface area is 127 Å². The highest BCUT2D eigenvalue weighted by molar-refractivity contribution is 5.93. The summed E-state index contributed by atoms with van der Waals surface area (Å²) in [7, 11) is 0. The lowest BCUT2D eigenvalue weighted by molar-refractivity contribution is -0.115.